The number of carbonyl (C=O) groups is 2. The number of para-hydroxylation sites is 1. The number of thioether (sulfide) groups is 1. The van der Waals surface area contributed by atoms with Gasteiger partial charge in [-0.05, 0) is 23.8 Å². The molecular formula is C19H17N3O2S. The highest BCUT2D eigenvalue weighted by atomic mass is 32.2. The molecule has 0 radical (unpaired) electrons. The van der Waals surface area contributed by atoms with E-state index in [2.05, 4.69) is 4.57 Å². The summed E-state index contributed by atoms with van der Waals surface area (Å²) in [5.41, 5.74) is 9.53. The van der Waals surface area contributed by atoms with Gasteiger partial charge in [0.05, 0.1) is 0 Å². The molecule has 6 heteroatoms. The quantitative estimate of drug-likeness (QED) is 0.732. The van der Waals surface area contributed by atoms with Crippen LogP contribution in [0.2, 0.25) is 0 Å². The third-order valence-electron chi connectivity index (χ3n) is 4.53. The number of nitrogens with zero attached hydrogens (tertiary/aromatic N) is 2. The molecule has 3 aromatic rings. The average Bonchev–Trinajstić information content (AvgIpc) is 3.07. The third kappa shape index (κ3) is 2.68. The van der Waals surface area contributed by atoms with E-state index in [4.69, 9.17) is 5.73 Å². The molecule has 0 bridgehead atoms. The number of carbonyl (C=O) groups excluding carboxylic acids is 2. The molecule has 0 aliphatic carbocycles. The number of rotatable bonds is 3. The van der Waals surface area contributed by atoms with Gasteiger partial charge < -0.3 is 15.2 Å². The van der Waals surface area contributed by atoms with E-state index in [1.54, 1.807) is 7.05 Å². The number of fused-ring (bicyclic) bond motifs is 1. The molecule has 1 aromatic heterocycles. The molecule has 4 rings (SSSR count). The summed E-state index contributed by atoms with van der Waals surface area (Å²) in [5, 5.41) is 0.673. The lowest BCUT2D eigenvalue weighted by Gasteiger charge is -2.16. The van der Waals surface area contributed by atoms with E-state index in [-0.39, 0.29) is 10.4 Å². The largest absolute Gasteiger partial charge is 0.399 e. The van der Waals surface area contributed by atoms with E-state index < -0.39 is 6.04 Å². The Hall–Kier alpha value is -2.73. The Morgan fingerprint density at radius 1 is 1.08 bits per heavy atom. The lowest BCUT2D eigenvalue weighted by Crippen LogP contribution is -2.23. The summed E-state index contributed by atoms with van der Waals surface area (Å²) in [6.45, 7) is 0.673. The highest BCUT2D eigenvalue weighted by Crippen LogP contribution is 2.39. The molecule has 2 aromatic carbocycles. The van der Waals surface area contributed by atoms with Crippen molar-refractivity contribution in [2.45, 2.75) is 12.6 Å². The van der Waals surface area contributed by atoms with Gasteiger partial charge in [0.2, 0.25) is 5.12 Å². The maximum atomic E-state index is 12.3. The van der Waals surface area contributed by atoms with Crippen LogP contribution in [0.5, 0.6) is 0 Å². The zero-order chi connectivity index (χ0) is 17.6. The molecule has 1 atom stereocenters. The van der Waals surface area contributed by atoms with Crippen LogP contribution in [0.15, 0.2) is 54.7 Å². The zero-order valence-electron chi connectivity index (χ0n) is 13.7. The number of likely N-dealkylation sites (N-methyl/N-ethyl adjacent to an activating group) is 1. The SMILES string of the molecule is CN1C(=O)SC(=O)C1c1cn(Cc2ccc(N)cc2)c2ccccc12. The number of nitrogen functional groups attached to an aromatic ring is 1. The molecule has 1 amide bonds. The van der Waals surface area contributed by atoms with Gasteiger partial charge in [-0.2, -0.15) is 0 Å². The molecular weight excluding hydrogens is 334 g/mol. The van der Waals surface area contributed by atoms with Crippen molar-refractivity contribution in [3.05, 3.63) is 65.9 Å². The Labute approximate surface area is 149 Å². The van der Waals surface area contributed by atoms with Gasteiger partial charge in [0.15, 0.2) is 0 Å². The van der Waals surface area contributed by atoms with Gasteiger partial charge in [0.1, 0.15) is 6.04 Å². The van der Waals surface area contributed by atoms with Gasteiger partial charge in [0, 0.05) is 53.7 Å². The Bertz CT molecular complexity index is 978. The third-order valence-corrected chi connectivity index (χ3v) is 5.42. The van der Waals surface area contributed by atoms with Gasteiger partial charge >= 0.3 is 0 Å². The smallest absolute Gasteiger partial charge is 0.289 e. The molecule has 2 heterocycles. The van der Waals surface area contributed by atoms with Crippen LogP contribution in [0, 0.1) is 0 Å². The van der Waals surface area contributed by atoms with E-state index in [1.165, 1.54) is 4.90 Å². The van der Waals surface area contributed by atoms with E-state index in [1.807, 2.05) is 54.7 Å². The second-order valence-electron chi connectivity index (χ2n) is 6.17. The predicted molar refractivity (Wildman–Crippen MR) is 100 cm³/mol. The summed E-state index contributed by atoms with van der Waals surface area (Å²) < 4.78 is 2.12. The number of amides is 1. The molecule has 1 aliphatic heterocycles. The summed E-state index contributed by atoms with van der Waals surface area (Å²) in [6.07, 6.45) is 1.99. The number of hydrogen-bond acceptors (Lipinski definition) is 4. The molecule has 1 fully saturated rings. The van der Waals surface area contributed by atoms with Crippen LogP contribution in [0.25, 0.3) is 10.9 Å². The predicted octanol–water partition coefficient (Wildman–Crippen LogP) is 3.64. The summed E-state index contributed by atoms with van der Waals surface area (Å²) >= 11 is 0.780. The van der Waals surface area contributed by atoms with Crippen molar-refractivity contribution in [1.29, 1.82) is 0 Å². The van der Waals surface area contributed by atoms with E-state index in [0.717, 1.165) is 39.5 Å². The van der Waals surface area contributed by atoms with Crippen LogP contribution in [-0.4, -0.2) is 26.9 Å². The van der Waals surface area contributed by atoms with Crippen LogP contribution in [0.1, 0.15) is 17.2 Å². The fourth-order valence-corrected chi connectivity index (χ4v) is 4.07. The first-order valence-corrected chi connectivity index (χ1v) is 8.77. The second kappa shape index (κ2) is 5.97. The van der Waals surface area contributed by atoms with Crippen molar-refractivity contribution in [3.63, 3.8) is 0 Å². The minimum atomic E-state index is -0.532. The molecule has 1 aliphatic rings. The molecule has 25 heavy (non-hydrogen) atoms. The molecule has 2 N–H and O–H groups in total. The minimum Gasteiger partial charge on any atom is -0.399 e. The van der Waals surface area contributed by atoms with Crippen molar-refractivity contribution in [1.82, 2.24) is 9.47 Å². The fraction of sp³-hybridized carbons (Fsp3) is 0.158. The van der Waals surface area contributed by atoms with Crippen molar-refractivity contribution < 1.29 is 9.59 Å². The summed E-state index contributed by atoms with van der Waals surface area (Å²) in [6, 6.07) is 15.2. The summed E-state index contributed by atoms with van der Waals surface area (Å²) in [7, 11) is 1.68. The fourth-order valence-electron chi connectivity index (χ4n) is 3.26. The lowest BCUT2D eigenvalue weighted by molar-refractivity contribution is -0.113. The summed E-state index contributed by atoms with van der Waals surface area (Å²) in [4.78, 5) is 25.7. The molecule has 1 unspecified atom stereocenters. The molecule has 1 saturated heterocycles. The number of nitrogens with two attached hydrogens (primary N) is 1. The Morgan fingerprint density at radius 3 is 2.48 bits per heavy atom. The highest BCUT2D eigenvalue weighted by Gasteiger charge is 2.39. The topological polar surface area (TPSA) is 68.3 Å². The van der Waals surface area contributed by atoms with Crippen molar-refractivity contribution in [2.24, 2.45) is 0 Å². The Morgan fingerprint density at radius 2 is 1.80 bits per heavy atom. The van der Waals surface area contributed by atoms with Crippen LogP contribution in [0.3, 0.4) is 0 Å². The van der Waals surface area contributed by atoms with Gasteiger partial charge in [-0.3, -0.25) is 9.59 Å². The van der Waals surface area contributed by atoms with E-state index in [9.17, 15) is 9.59 Å². The molecule has 126 valence electrons. The maximum absolute atomic E-state index is 12.3. The van der Waals surface area contributed by atoms with E-state index in [0.29, 0.717) is 6.54 Å². The summed E-state index contributed by atoms with van der Waals surface area (Å²) in [5.74, 6) is 0. The standard InChI is InChI=1S/C19H17N3O2S/c1-21-17(18(23)25-19(21)24)15-11-22(16-5-3-2-4-14(15)16)10-12-6-8-13(20)9-7-12/h2-9,11,17H,10,20H2,1H3. The molecule has 0 spiro atoms. The number of anilines is 1. The van der Waals surface area contributed by atoms with Gasteiger partial charge in [0.25, 0.3) is 5.24 Å². The first-order chi connectivity index (χ1) is 12.0. The van der Waals surface area contributed by atoms with Crippen LogP contribution >= 0.6 is 11.8 Å². The van der Waals surface area contributed by atoms with Crippen molar-refractivity contribution in [3.8, 4) is 0 Å². The first kappa shape index (κ1) is 15.8. The van der Waals surface area contributed by atoms with Gasteiger partial charge in [-0.25, -0.2) is 0 Å². The molecule has 5 nitrogen and oxygen atoms in total. The minimum absolute atomic E-state index is 0.122. The lowest BCUT2D eigenvalue weighted by atomic mass is 10.1. The highest BCUT2D eigenvalue weighted by molar-refractivity contribution is 8.26. The second-order valence-corrected chi connectivity index (χ2v) is 7.13. The Kier molecular flexibility index (Phi) is 3.77. The maximum Gasteiger partial charge on any atom is 0.289 e. The normalized spacial score (nSPS) is 17.6. The monoisotopic (exact) mass is 351 g/mol. The number of benzene rings is 2. The zero-order valence-corrected chi connectivity index (χ0v) is 14.5. The Balaban J connectivity index is 1.80. The van der Waals surface area contributed by atoms with Crippen LogP contribution in [-0.2, 0) is 11.3 Å². The van der Waals surface area contributed by atoms with Gasteiger partial charge in [-0.1, -0.05) is 30.3 Å². The van der Waals surface area contributed by atoms with E-state index >= 15 is 0 Å². The first-order valence-electron chi connectivity index (χ1n) is 7.95. The number of hydrogen-bond donors (Lipinski definition) is 1. The average molecular weight is 351 g/mol. The van der Waals surface area contributed by atoms with Crippen LogP contribution < -0.4 is 5.73 Å². The number of aromatic nitrogens is 1. The molecule has 0 saturated carbocycles. The van der Waals surface area contributed by atoms with Gasteiger partial charge in [-0.15, -0.1) is 0 Å². The van der Waals surface area contributed by atoms with Crippen LogP contribution in [0.4, 0.5) is 10.5 Å². The van der Waals surface area contributed by atoms with Crippen molar-refractivity contribution in [2.75, 3.05) is 12.8 Å². The van der Waals surface area contributed by atoms with Crippen molar-refractivity contribution >= 4 is 38.7 Å².